The number of hydrogen-bond acceptors (Lipinski definition) is 7. The number of halogens is 3. The summed E-state index contributed by atoms with van der Waals surface area (Å²) in [4.78, 5) is 11.0. The number of ether oxygens (including phenoxy) is 2. The fourth-order valence-corrected chi connectivity index (χ4v) is 4.19. The van der Waals surface area contributed by atoms with E-state index in [2.05, 4.69) is 37.6 Å². The van der Waals surface area contributed by atoms with E-state index in [1.807, 2.05) is 12.1 Å². The van der Waals surface area contributed by atoms with Crippen LogP contribution in [0.4, 0.5) is 30.5 Å². The number of nitrogens with zero attached hydrogens (tertiary/aromatic N) is 3. The molecular weight excluding hydrogens is 435 g/mol. The Labute approximate surface area is 191 Å². The van der Waals surface area contributed by atoms with E-state index in [1.165, 1.54) is 0 Å². The van der Waals surface area contributed by atoms with Gasteiger partial charge in [-0.25, -0.2) is 4.98 Å². The highest BCUT2D eigenvalue weighted by atomic mass is 19.4. The van der Waals surface area contributed by atoms with Gasteiger partial charge in [0.2, 0.25) is 11.8 Å². The topological polar surface area (TPSA) is 71.5 Å². The van der Waals surface area contributed by atoms with Gasteiger partial charge < -0.3 is 25.0 Å². The van der Waals surface area contributed by atoms with Gasteiger partial charge in [0.05, 0.1) is 26.4 Å². The molecule has 0 spiro atoms. The van der Waals surface area contributed by atoms with E-state index >= 15 is 0 Å². The Kier molecular flexibility index (Phi) is 7.87. The molecule has 4 rings (SSSR count). The third-order valence-electron chi connectivity index (χ3n) is 6.03. The van der Waals surface area contributed by atoms with Crippen molar-refractivity contribution in [1.29, 1.82) is 0 Å². The summed E-state index contributed by atoms with van der Waals surface area (Å²) in [6.45, 7) is 2.85. The molecule has 0 bridgehead atoms. The van der Waals surface area contributed by atoms with Gasteiger partial charge in [-0.15, -0.1) is 0 Å². The highest BCUT2D eigenvalue weighted by molar-refractivity contribution is 5.59. The predicted octanol–water partition coefficient (Wildman–Crippen LogP) is 4.15. The maximum atomic E-state index is 12.4. The Morgan fingerprint density at radius 2 is 1.76 bits per heavy atom. The second-order valence-corrected chi connectivity index (χ2v) is 8.51. The highest BCUT2D eigenvalue weighted by Gasteiger charge is 2.29. The van der Waals surface area contributed by atoms with Gasteiger partial charge in [0, 0.05) is 42.8 Å². The van der Waals surface area contributed by atoms with E-state index < -0.39 is 12.7 Å². The van der Waals surface area contributed by atoms with Crippen molar-refractivity contribution in [3.8, 4) is 5.88 Å². The van der Waals surface area contributed by atoms with Crippen molar-refractivity contribution >= 4 is 17.3 Å². The Hall–Kier alpha value is -2.59. The first kappa shape index (κ1) is 23.6. The van der Waals surface area contributed by atoms with E-state index in [-0.39, 0.29) is 6.04 Å². The predicted molar refractivity (Wildman–Crippen MR) is 120 cm³/mol. The minimum atomic E-state index is -4.16. The second kappa shape index (κ2) is 11.0. The smallest absolute Gasteiger partial charge is 0.401 e. The Morgan fingerprint density at radius 3 is 2.45 bits per heavy atom. The second-order valence-electron chi connectivity index (χ2n) is 8.51. The van der Waals surface area contributed by atoms with E-state index in [9.17, 15) is 13.2 Å². The van der Waals surface area contributed by atoms with Crippen molar-refractivity contribution in [2.75, 3.05) is 49.7 Å². The Bertz CT molecular complexity index is 867. The van der Waals surface area contributed by atoms with E-state index in [0.29, 0.717) is 24.4 Å². The van der Waals surface area contributed by atoms with Crippen LogP contribution >= 0.6 is 0 Å². The van der Waals surface area contributed by atoms with Gasteiger partial charge in [-0.05, 0) is 55.9 Å². The van der Waals surface area contributed by atoms with Gasteiger partial charge in [-0.1, -0.05) is 0 Å². The SMILES string of the molecule is FC(F)(F)CNC1CCC(COc2ccnc(Nc3ccc(N4CCOCC4)cc3)n2)CC1. The van der Waals surface area contributed by atoms with Crippen molar-refractivity contribution in [1.82, 2.24) is 15.3 Å². The van der Waals surface area contributed by atoms with E-state index in [4.69, 9.17) is 9.47 Å². The molecule has 1 aromatic carbocycles. The first-order chi connectivity index (χ1) is 15.9. The molecule has 2 aliphatic rings. The Morgan fingerprint density at radius 1 is 1.03 bits per heavy atom. The molecule has 2 N–H and O–H groups in total. The number of aromatic nitrogens is 2. The number of morpholine rings is 1. The number of nitrogens with one attached hydrogen (secondary N) is 2. The quantitative estimate of drug-likeness (QED) is 0.607. The maximum absolute atomic E-state index is 12.4. The molecule has 0 amide bonds. The maximum Gasteiger partial charge on any atom is 0.401 e. The third kappa shape index (κ3) is 7.46. The van der Waals surface area contributed by atoms with E-state index in [0.717, 1.165) is 63.4 Å². The lowest BCUT2D eigenvalue weighted by atomic mass is 9.86. The van der Waals surface area contributed by atoms with Gasteiger partial charge in [0.1, 0.15) is 0 Å². The number of hydrogen-bond donors (Lipinski definition) is 2. The van der Waals surface area contributed by atoms with Crippen LogP contribution in [0, 0.1) is 5.92 Å². The summed E-state index contributed by atoms with van der Waals surface area (Å²) in [5, 5.41) is 5.80. The van der Waals surface area contributed by atoms with Gasteiger partial charge >= 0.3 is 6.18 Å². The minimum Gasteiger partial charge on any atom is -0.477 e. The standard InChI is InChI=1S/C23H30F3N5O2/c24-23(25,26)16-28-18-3-1-17(2-4-18)15-33-21-9-10-27-22(30-21)29-19-5-7-20(8-6-19)31-11-13-32-14-12-31/h5-10,17-18,28H,1-4,11-16H2,(H,27,29,30). The molecule has 1 aliphatic carbocycles. The normalized spacial score (nSPS) is 21.6. The molecule has 1 aliphatic heterocycles. The largest absolute Gasteiger partial charge is 0.477 e. The summed E-state index contributed by atoms with van der Waals surface area (Å²) in [6, 6.07) is 9.75. The lowest BCUT2D eigenvalue weighted by Crippen LogP contribution is -2.39. The molecule has 1 aromatic heterocycles. The number of alkyl halides is 3. The Balaban J connectivity index is 1.22. The van der Waals surface area contributed by atoms with Crippen LogP contribution < -0.4 is 20.3 Å². The summed E-state index contributed by atoms with van der Waals surface area (Å²) in [7, 11) is 0. The van der Waals surface area contributed by atoms with Crippen LogP contribution in [0.15, 0.2) is 36.5 Å². The monoisotopic (exact) mass is 465 g/mol. The van der Waals surface area contributed by atoms with Crippen LogP contribution in [0.2, 0.25) is 0 Å². The van der Waals surface area contributed by atoms with Gasteiger partial charge in [0.15, 0.2) is 0 Å². The molecule has 1 saturated carbocycles. The van der Waals surface area contributed by atoms with Crippen LogP contribution in [0.1, 0.15) is 25.7 Å². The molecule has 2 fully saturated rings. The van der Waals surface area contributed by atoms with E-state index in [1.54, 1.807) is 12.3 Å². The summed E-state index contributed by atoms with van der Waals surface area (Å²) in [5.74, 6) is 1.24. The average molecular weight is 466 g/mol. The molecule has 33 heavy (non-hydrogen) atoms. The molecule has 0 unspecified atom stereocenters. The minimum absolute atomic E-state index is 0.0765. The average Bonchev–Trinajstić information content (AvgIpc) is 2.83. The zero-order valence-corrected chi connectivity index (χ0v) is 18.5. The molecule has 180 valence electrons. The van der Waals surface area contributed by atoms with Gasteiger partial charge in [-0.3, -0.25) is 0 Å². The fraction of sp³-hybridized carbons (Fsp3) is 0.565. The van der Waals surface area contributed by atoms with Gasteiger partial charge in [-0.2, -0.15) is 18.2 Å². The zero-order chi connectivity index (χ0) is 23.1. The summed E-state index contributed by atoms with van der Waals surface area (Å²) in [5.41, 5.74) is 2.04. The number of anilines is 3. The molecular formula is C23H30F3N5O2. The first-order valence-electron chi connectivity index (χ1n) is 11.4. The van der Waals surface area contributed by atoms with Crippen LogP contribution in [0.5, 0.6) is 5.88 Å². The summed E-state index contributed by atoms with van der Waals surface area (Å²) >= 11 is 0. The van der Waals surface area contributed by atoms with Crippen molar-refractivity contribution in [3.63, 3.8) is 0 Å². The third-order valence-corrected chi connectivity index (χ3v) is 6.03. The molecule has 0 atom stereocenters. The van der Waals surface area contributed by atoms with Crippen LogP contribution in [0.25, 0.3) is 0 Å². The number of benzene rings is 1. The lowest BCUT2D eigenvalue weighted by molar-refractivity contribution is -0.126. The summed E-state index contributed by atoms with van der Waals surface area (Å²) < 4.78 is 48.3. The molecule has 1 saturated heterocycles. The van der Waals surface area contributed by atoms with Crippen molar-refractivity contribution in [3.05, 3.63) is 36.5 Å². The van der Waals surface area contributed by atoms with Crippen molar-refractivity contribution < 1.29 is 22.6 Å². The zero-order valence-electron chi connectivity index (χ0n) is 18.5. The van der Waals surface area contributed by atoms with Crippen molar-refractivity contribution in [2.45, 2.75) is 37.9 Å². The molecule has 2 heterocycles. The van der Waals surface area contributed by atoms with Crippen LogP contribution in [0.3, 0.4) is 0 Å². The van der Waals surface area contributed by atoms with Crippen molar-refractivity contribution in [2.24, 2.45) is 5.92 Å². The lowest BCUT2D eigenvalue weighted by Gasteiger charge is -2.29. The highest BCUT2D eigenvalue weighted by Crippen LogP contribution is 2.26. The van der Waals surface area contributed by atoms with Gasteiger partial charge in [0.25, 0.3) is 0 Å². The molecule has 10 heteroatoms. The molecule has 7 nitrogen and oxygen atoms in total. The number of rotatable bonds is 8. The first-order valence-corrected chi connectivity index (χ1v) is 11.4. The van der Waals surface area contributed by atoms with Crippen LogP contribution in [-0.4, -0.2) is 61.6 Å². The molecule has 0 radical (unpaired) electrons. The fourth-order valence-electron chi connectivity index (χ4n) is 4.19. The summed E-state index contributed by atoms with van der Waals surface area (Å²) in [6.07, 6.45) is 0.596. The molecule has 2 aromatic rings. The van der Waals surface area contributed by atoms with Crippen LogP contribution in [-0.2, 0) is 4.74 Å².